The zero-order valence-electron chi connectivity index (χ0n) is 12.5. The Kier molecular flexibility index (Phi) is 4.81. The summed E-state index contributed by atoms with van der Waals surface area (Å²) in [7, 11) is 0. The molecule has 1 fully saturated rings. The van der Waals surface area contributed by atoms with Crippen molar-refractivity contribution in [1.82, 2.24) is 0 Å². The third-order valence-corrected chi connectivity index (χ3v) is 4.20. The standard InChI is InChI=1S/C17H25NO2/c1-17(2)10-8-14(9-11-17)20-16(19)12-15(18)13-6-4-3-5-7-13/h3-7,14-15H,8-12,18H2,1-2H3. The summed E-state index contributed by atoms with van der Waals surface area (Å²) in [6, 6.07) is 9.43. The first kappa shape index (κ1) is 15.0. The van der Waals surface area contributed by atoms with Crippen molar-refractivity contribution >= 4 is 5.97 Å². The van der Waals surface area contributed by atoms with E-state index < -0.39 is 0 Å². The molecule has 1 aliphatic rings. The van der Waals surface area contributed by atoms with Crippen LogP contribution in [0.3, 0.4) is 0 Å². The first-order valence-electron chi connectivity index (χ1n) is 7.46. The van der Waals surface area contributed by atoms with Gasteiger partial charge in [0, 0.05) is 6.04 Å². The van der Waals surface area contributed by atoms with Gasteiger partial charge in [-0.15, -0.1) is 0 Å². The molecule has 2 rings (SSSR count). The normalized spacial score (nSPS) is 20.4. The fourth-order valence-electron chi connectivity index (χ4n) is 2.72. The molecular weight excluding hydrogens is 250 g/mol. The van der Waals surface area contributed by atoms with Crippen molar-refractivity contribution in [3.05, 3.63) is 35.9 Å². The predicted molar refractivity (Wildman–Crippen MR) is 80.1 cm³/mol. The summed E-state index contributed by atoms with van der Waals surface area (Å²) in [5.74, 6) is -0.175. The van der Waals surface area contributed by atoms with E-state index in [0.717, 1.165) is 31.2 Å². The number of carbonyl (C=O) groups excluding carboxylic acids is 1. The monoisotopic (exact) mass is 275 g/mol. The molecule has 1 aliphatic carbocycles. The number of esters is 1. The lowest BCUT2D eigenvalue weighted by Gasteiger charge is -2.34. The third-order valence-electron chi connectivity index (χ3n) is 4.20. The van der Waals surface area contributed by atoms with Gasteiger partial charge in [-0.25, -0.2) is 0 Å². The molecule has 2 N–H and O–H groups in total. The highest BCUT2D eigenvalue weighted by molar-refractivity contribution is 5.70. The summed E-state index contributed by atoms with van der Waals surface area (Å²) in [6.07, 6.45) is 4.52. The first-order valence-corrected chi connectivity index (χ1v) is 7.46. The Bertz CT molecular complexity index is 432. The number of hydrogen-bond donors (Lipinski definition) is 1. The van der Waals surface area contributed by atoms with Crippen LogP contribution in [0.25, 0.3) is 0 Å². The van der Waals surface area contributed by atoms with Crippen molar-refractivity contribution in [3.63, 3.8) is 0 Å². The number of nitrogens with two attached hydrogens (primary N) is 1. The van der Waals surface area contributed by atoms with Gasteiger partial charge in [-0.3, -0.25) is 4.79 Å². The molecule has 110 valence electrons. The number of benzene rings is 1. The molecule has 3 nitrogen and oxygen atoms in total. The van der Waals surface area contributed by atoms with Crippen LogP contribution in [0.5, 0.6) is 0 Å². The van der Waals surface area contributed by atoms with Crippen molar-refractivity contribution in [1.29, 1.82) is 0 Å². The van der Waals surface area contributed by atoms with E-state index in [-0.39, 0.29) is 24.5 Å². The summed E-state index contributed by atoms with van der Waals surface area (Å²) in [4.78, 5) is 12.0. The maximum absolute atomic E-state index is 12.0. The van der Waals surface area contributed by atoms with E-state index in [2.05, 4.69) is 13.8 Å². The molecule has 0 saturated heterocycles. The van der Waals surface area contributed by atoms with Crippen molar-refractivity contribution < 1.29 is 9.53 Å². The molecule has 0 aromatic heterocycles. The summed E-state index contributed by atoms with van der Waals surface area (Å²) < 4.78 is 5.56. The minimum Gasteiger partial charge on any atom is -0.462 e. The molecule has 1 aromatic carbocycles. The van der Waals surface area contributed by atoms with Gasteiger partial charge in [0.05, 0.1) is 6.42 Å². The van der Waals surface area contributed by atoms with Crippen LogP contribution in [0.1, 0.15) is 57.6 Å². The van der Waals surface area contributed by atoms with E-state index in [0.29, 0.717) is 5.41 Å². The van der Waals surface area contributed by atoms with Crippen molar-refractivity contribution in [2.24, 2.45) is 11.1 Å². The van der Waals surface area contributed by atoms with E-state index in [1.807, 2.05) is 30.3 Å². The second-order valence-electron chi connectivity index (χ2n) is 6.57. The largest absolute Gasteiger partial charge is 0.462 e. The van der Waals surface area contributed by atoms with Gasteiger partial charge in [0.25, 0.3) is 0 Å². The van der Waals surface area contributed by atoms with Crippen LogP contribution < -0.4 is 5.73 Å². The van der Waals surface area contributed by atoms with E-state index >= 15 is 0 Å². The van der Waals surface area contributed by atoms with Gasteiger partial charge >= 0.3 is 5.97 Å². The molecule has 1 unspecified atom stereocenters. The Morgan fingerprint density at radius 3 is 2.50 bits per heavy atom. The highest BCUT2D eigenvalue weighted by Gasteiger charge is 2.29. The smallest absolute Gasteiger partial charge is 0.307 e. The van der Waals surface area contributed by atoms with Gasteiger partial charge in [-0.05, 0) is 36.7 Å². The third kappa shape index (κ3) is 4.34. The number of carbonyl (C=O) groups is 1. The Morgan fingerprint density at radius 1 is 1.30 bits per heavy atom. The molecule has 0 heterocycles. The maximum Gasteiger partial charge on any atom is 0.307 e. The summed E-state index contributed by atoms with van der Waals surface area (Å²) in [6.45, 7) is 4.55. The molecule has 1 saturated carbocycles. The van der Waals surface area contributed by atoms with E-state index in [4.69, 9.17) is 10.5 Å². The van der Waals surface area contributed by atoms with Gasteiger partial charge in [-0.2, -0.15) is 0 Å². The fraction of sp³-hybridized carbons (Fsp3) is 0.588. The second-order valence-corrected chi connectivity index (χ2v) is 6.57. The Balaban J connectivity index is 1.79. The average molecular weight is 275 g/mol. The summed E-state index contributed by atoms with van der Waals surface area (Å²) >= 11 is 0. The van der Waals surface area contributed by atoms with Gasteiger partial charge in [0.2, 0.25) is 0 Å². The highest BCUT2D eigenvalue weighted by Crippen LogP contribution is 2.36. The minimum atomic E-state index is -0.274. The Hall–Kier alpha value is -1.35. The number of hydrogen-bond acceptors (Lipinski definition) is 3. The number of ether oxygens (including phenoxy) is 1. The van der Waals surface area contributed by atoms with Crippen LogP contribution in [0, 0.1) is 5.41 Å². The maximum atomic E-state index is 12.0. The molecule has 0 amide bonds. The van der Waals surface area contributed by atoms with Gasteiger partial charge in [0.1, 0.15) is 6.10 Å². The molecule has 1 atom stereocenters. The van der Waals surface area contributed by atoms with Gasteiger partial charge in [0.15, 0.2) is 0 Å². The van der Waals surface area contributed by atoms with Crippen molar-refractivity contribution in [2.45, 2.75) is 58.1 Å². The van der Waals surface area contributed by atoms with Crippen LogP contribution in [-0.2, 0) is 9.53 Å². The molecule has 20 heavy (non-hydrogen) atoms. The molecule has 0 bridgehead atoms. The molecule has 0 aliphatic heterocycles. The quantitative estimate of drug-likeness (QED) is 0.854. The number of rotatable bonds is 4. The Labute approximate surface area is 121 Å². The Morgan fingerprint density at radius 2 is 1.90 bits per heavy atom. The summed E-state index contributed by atoms with van der Waals surface area (Å²) in [5, 5.41) is 0. The van der Waals surface area contributed by atoms with Crippen molar-refractivity contribution in [3.8, 4) is 0 Å². The van der Waals surface area contributed by atoms with Gasteiger partial charge in [-0.1, -0.05) is 44.2 Å². The molecule has 3 heteroatoms. The highest BCUT2D eigenvalue weighted by atomic mass is 16.5. The first-order chi connectivity index (χ1) is 9.46. The fourth-order valence-corrected chi connectivity index (χ4v) is 2.72. The average Bonchev–Trinajstić information content (AvgIpc) is 2.42. The van der Waals surface area contributed by atoms with Crippen LogP contribution >= 0.6 is 0 Å². The van der Waals surface area contributed by atoms with E-state index in [1.165, 1.54) is 0 Å². The lowest BCUT2D eigenvalue weighted by molar-refractivity contribution is -0.152. The van der Waals surface area contributed by atoms with Gasteiger partial charge < -0.3 is 10.5 Å². The van der Waals surface area contributed by atoms with Crippen LogP contribution in [-0.4, -0.2) is 12.1 Å². The second kappa shape index (κ2) is 6.40. The molecular formula is C17H25NO2. The van der Waals surface area contributed by atoms with Crippen molar-refractivity contribution in [2.75, 3.05) is 0 Å². The lowest BCUT2D eigenvalue weighted by Crippen LogP contribution is -2.29. The predicted octanol–water partition coefficient (Wildman–Crippen LogP) is 3.59. The van der Waals surface area contributed by atoms with Crippen LogP contribution in [0.4, 0.5) is 0 Å². The summed E-state index contributed by atoms with van der Waals surface area (Å²) in [5.41, 5.74) is 7.42. The van der Waals surface area contributed by atoms with E-state index in [9.17, 15) is 4.79 Å². The zero-order valence-corrected chi connectivity index (χ0v) is 12.5. The zero-order chi connectivity index (χ0) is 14.6. The minimum absolute atomic E-state index is 0.0819. The lowest BCUT2D eigenvalue weighted by atomic mass is 9.76. The molecule has 1 aromatic rings. The van der Waals surface area contributed by atoms with Crippen LogP contribution in [0.2, 0.25) is 0 Å². The van der Waals surface area contributed by atoms with Crippen LogP contribution in [0.15, 0.2) is 30.3 Å². The topological polar surface area (TPSA) is 52.3 Å². The SMILES string of the molecule is CC1(C)CCC(OC(=O)CC(N)c2ccccc2)CC1. The van der Waals surface area contributed by atoms with E-state index in [1.54, 1.807) is 0 Å². The molecule has 0 spiro atoms. The molecule has 0 radical (unpaired) electrons.